The number of aliphatic imine (C=N–C) groups is 1. The minimum atomic E-state index is -1.43. The number of carbonyl (C=O) groups is 2. The molecule has 1 heterocycles. The summed E-state index contributed by atoms with van der Waals surface area (Å²) in [4.78, 5) is 30.8. The number of hydrogen-bond acceptors (Lipinski definition) is 5. The Morgan fingerprint density at radius 1 is 1.11 bits per heavy atom. The Bertz CT molecular complexity index is 851. The number of amidine groups is 1. The van der Waals surface area contributed by atoms with Gasteiger partial charge in [-0.3, -0.25) is 4.79 Å². The van der Waals surface area contributed by atoms with Crippen LogP contribution in [-0.2, 0) is 14.3 Å². The minimum Gasteiger partial charge on any atom is -0.479 e. The molecule has 6 heteroatoms. The molecule has 0 saturated carbocycles. The van der Waals surface area contributed by atoms with Crippen LogP contribution < -0.4 is 0 Å². The van der Waals surface area contributed by atoms with Crippen LogP contribution >= 0.6 is 0 Å². The predicted octanol–water partition coefficient (Wildman–Crippen LogP) is 2.90. The average Bonchev–Trinajstić information content (AvgIpc) is 2.97. The van der Waals surface area contributed by atoms with E-state index in [1.807, 2.05) is 60.7 Å². The monoisotopic (exact) mass is 366 g/mol. The second kappa shape index (κ2) is 7.61. The molecule has 1 aliphatic rings. The van der Waals surface area contributed by atoms with Gasteiger partial charge in [0.05, 0.1) is 12.6 Å². The molecule has 2 atom stereocenters. The normalized spacial score (nSPS) is 21.6. The summed E-state index contributed by atoms with van der Waals surface area (Å²) in [6, 6.07) is 17.9. The number of esters is 1. The van der Waals surface area contributed by atoms with Gasteiger partial charge < -0.3 is 14.7 Å². The van der Waals surface area contributed by atoms with E-state index in [0.29, 0.717) is 5.84 Å². The Labute approximate surface area is 158 Å². The molecule has 0 fully saturated rings. The van der Waals surface area contributed by atoms with E-state index in [0.717, 1.165) is 11.1 Å². The third-order valence-electron chi connectivity index (χ3n) is 4.64. The van der Waals surface area contributed by atoms with Crippen molar-refractivity contribution in [2.45, 2.75) is 25.4 Å². The van der Waals surface area contributed by atoms with Crippen LogP contribution in [0.1, 0.15) is 31.0 Å². The van der Waals surface area contributed by atoms with Crippen LogP contribution in [0.25, 0.3) is 0 Å². The molecule has 0 radical (unpaired) electrons. The van der Waals surface area contributed by atoms with Crippen molar-refractivity contribution in [2.24, 2.45) is 4.99 Å². The fourth-order valence-corrected chi connectivity index (χ4v) is 3.41. The van der Waals surface area contributed by atoms with Gasteiger partial charge in [-0.25, -0.2) is 9.79 Å². The SMILES string of the molecule is CCOC(=O)CN1C(c2ccccc2)=NC(C)(C(=O)O)C1c1ccccc1. The van der Waals surface area contributed by atoms with Gasteiger partial charge in [0, 0.05) is 5.56 Å². The fraction of sp³-hybridized carbons (Fsp3) is 0.286. The number of benzene rings is 2. The lowest BCUT2D eigenvalue weighted by Crippen LogP contribution is -2.45. The first-order valence-corrected chi connectivity index (χ1v) is 8.83. The Morgan fingerprint density at radius 2 is 1.70 bits per heavy atom. The van der Waals surface area contributed by atoms with E-state index in [1.165, 1.54) is 0 Å². The maximum absolute atomic E-state index is 12.3. The minimum absolute atomic E-state index is 0.0794. The van der Waals surface area contributed by atoms with Crippen LogP contribution in [0.5, 0.6) is 0 Å². The topological polar surface area (TPSA) is 79.2 Å². The van der Waals surface area contributed by atoms with Crippen LogP contribution in [0.2, 0.25) is 0 Å². The third-order valence-corrected chi connectivity index (χ3v) is 4.64. The van der Waals surface area contributed by atoms with Crippen LogP contribution in [0.4, 0.5) is 0 Å². The molecule has 2 aromatic carbocycles. The largest absolute Gasteiger partial charge is 0.479 e. The van der Waals surface area contributed by atoms with Crippen LogP contribution in [0.15, 0.2) is 65.7 Å². The van der Waals surface area contributed by atoms with Gasteiger partial charge in [0.2, 0.25) is 0 Å². The molecule has 140 valence electrons. The summed E-state index contributed by atoms with van der Waals surface area (Å²) >= 11 is 0. The highest BCUT2D eigenvalue weighted by atomic mass is 16.5. The van der Waals surface area contributed by atoms with Gasteiger partial charge >= 0.3 is 11.9 Å². The molecular weight excluding hydrogens is 344 g/mol. The van der Waals surface area contributed by atoms with E-state index in [1.54, 1.807) is 18.7 Å². The quantitative estimate of drug-likeness (QED) is 0.795. The zero-order chi connectivity index (χ0) is 19.4. The predicted molar refractivity (Wildman–Crippen MR) is 102 cm³/mol. The van der Waals surface area contributed by atoms with Crippen LogP contribution in [0, 0.1) is 0 Å². The van der Waals surface area contributed by atoms with E-state index in [9.17, 15) is 14.7 Å². The summed E-state index contributed by atoms with van der Waals surface area (Å²) in [7, 11) is 0. The Balaban J connectivity index is 2.13. The Kier molecular flexibility index (Phi) is 5.26. The number of ether oxygens (including phenoxy) is 1. The summed E-state index contributed by atoms with van der Waals surface area (Å²) in [6.07, 6.45) is 0. The van der Waals surface area contributed by atoms with Crippen molar-refractivity contribution in [1.29, 1.82) is 0 Å². The maximum Gasteiger partial charge on any atom is 0.333 e. The number of aliphatic carboxylic acids is 1. The molecular formula is C21H22N2O4. The van der Waals surface area contributed by atoms with Crippen molar-refractivity contribution in [3.05, 3.63) is 71.8 Å². The lowest BCUT2D eigenvalue weighted by Gasteiger charge is -2.33. The second-order valence-corrected chi connectivity index (χ2v) is 6.50. The standard InChI is InChI=1S/C21H22N2O4/c1-3-27-17(24)14-23-18(15-10-6-4-7-11-15)21(2,20(25)26)22-19(23)16-12-8-5-9-13-16/h4-13,18H,3,14H2,1-2H3,(H,25,26). The van der Waals surface area contributed by atoms with Gasteiger partial charge in [-0.1, -0.05) is 60.7 Å². The van der Waals surface area contributed by atoms with Gasteiger partial charge in [0.15, 0.2) is 5.54 Å². The number of nitrogens with zero attached hydrogens (tertiary/aromatic N) is 2. The summed E-state index contributed by atoms with van der Waals surface area (Å²) in [5.41, 5.74) is 0.105. The molecule has 0 aliphatic carbocycles. The highest BCUT2D eigenvalue weighted by Gasteiger charge is 2.52. The number of hydrogen-bond donors (Lipinski definition) is 1. The van der Waals surface area contributed by atoms with Crippen LogP contribution in [0.3, 0.4) is 0 Å². The van der Waals surface area contributed by atoms with Crippen molar-refractivity contribution >= 4 is 17.8 Å². The molecule has 3 rings (SSSR count). The van der Waals surface area contributed by atoms with Gasteiger partial charge in [0.25, 0.3) is 0 Å². The van der Waals surface area contributed by atoms with Gasteiger partial charge in [-0.15, -0.1) is 0 Å². The third kappa shape index (κ3) is 3.56. The lowest BCUT2D eigenvalue weighted by atomic mass is 9.87. The van der Waals surface area contributed by atoms with Crippen molar-refractivity contribution in [3.8, 4) is 0 Å². The fourth-order valence-electron chi connectivity index (χ4n) is 3.41. The summed E-state index contributed by atoms with van der Waals surface area (Å²) in [5, 5.41) is 9.97. The van der Waals surface area contributed by atoms with E-state index in [4.69, 9.17) is 4.74 Å². The molecule has 1 aliphatic heterocycles. The molecule has 0 saturated heterocycles. The van der Waals surface area contributed by atoms with Gasteiger partial charge in [-0.05, 0) is 19.4 Å². The van der Waals surface area contributed by atoms with Crippen molar-refractivity contribution < 1.29 is 19.4 Å². The second-order valence-electron chi connectivity index (χ2n) is 6.50. The molecule has 0 aromatic heterocycles. The maximum atomic E-state index is 12.3. The molecule has 27 heavy (non-hydrogen) atoms. The van der Waals surface area contributed by atoms with E-state index in [2.05, 4.69) is 4.99 Å². The molecule has 6 nitrogen and oxygen atoms in total. The molecule has 0 bridgehead atoms. The number of rotatable bonds is 6. The Morgan fingerprint density at radius 3 is 2.26 bits per heavy atom. The number of carboxylic acid groups (broad SMARTS) is 1. The first-order valence-electron chi connectivity index (χ1n) is 8.83. The molecule has 0 amide bonds. The first-order chi connectivity index (χ1) is 13.0. The highest BCUT2D eigenvalue weighted by molar-refractivity contribution is 6.04. The van der Waals surface area contributed by atoms with E-state index in [-0.39, 0.29) is 13.2 Å². The number of carbonyl (C=O) groups excluding carboxylic acids is 1. The number of carboxylic acids is 1. The van der Waals surface area contributed by atoms with Crippen molar-refractivity contribution in [2.75, 3.05) is 13.2 Å². The molecule has 0 spiro atoms. The van der Waals surface area contributed by atoms with Gasteiger partial charge in [0.1, 0.15) is 12.4 Å². The summed E-state index contributed by atoms with van der Waals surface area (Å²) in [5.74, 6) is -0.991. The highest BCUT2D eigenvalue weighted by Crippen LogP contribution is 2.41. The summed E-state index contributed by atoms with van der Waals surface area (Å²) in [6.45, 7) is 3.51. The molecule has 2 unspecified atom stereocenters. The average molecular weight is 366 g/mol. The Hall–Kier alpha value is -3.15. The summed E-state index contributed by atoms with van der Waals surface area (Å²) < 4.78 is 5.12. The van der Waals surface area contributed by atoms with Crippen molar-refractivity contribution in [1.82, 2.24) is 4.90 Å². The van der Waals surface area contributed by atoms with E-state index < -0.39 is 23.5 Å². The molecule has 2 aromatic rings. The van der Waals surface area contributed by atoms with E-state index >= 15 is 0 Å². The molecule has 1 N–H and O–H groups in total. The van der Waals surface area contributed by atoms with Gasteiger partial charge in [-0.2, -0.15) is 0 Å². The zero-order valence-electron chi connectivity index (χ0n) is 15.3. The lowest BCUT2D eigenvalue weighted by molar-refractivity contribution is -0.147. The van der Waals surface area contributed by atoms with Crippen molar-refractivity contribution in [3.63, 3.8) is 0 Å². The van der Waals surface area contributed by atoms with Crippen LogP contribution in [-0.4, -0.2) is 46.5 Å². The smallest absolute Gasteiger partial charge is 0.333 e. The zero-order valence-corrected chi connectivity index (χ0v) is 15.3. The first kappa shape index (κ1) is 18.6.